The third-order valence-corrected chi connectivity index (χ3v) is 14.7. The van der Waals surface area contributed by atoms with Crippen molar-refractivity contribution < 1.29 is 62.1 Å². The number of ether oxygens (including phenoxy) is 4. The average Bonchev–Trinajstić information content (AvgIpc) is 4.00. The Balaban J connectivity index is 1.31. The van der Waals surface area contributed by atoms with Crippen LogP contribution < -0.4 is 10.1 Å². The highest BCUT2D eigenvalue weighted by Crippen LogP contribution is 2.31. The number of ketones is 1. The van der Waals surface area contributed by atoms with Crippen LogP contribution in [0.2, 0.25) is 0 Å². The van der Waals surface area contributed by atoms with Gasteiger partial charge in [-0.15, -0.1) is 0 Å². The minimum Gasteiger partial charge on any atom is -0.484 e. The lowest BCUT2D eigenvalue weighted by molar-refractivity contribution is -0.165. The molecule has 426 valence electrons. The zero-order valence-electron chi connectivity index (χ0n) is 47.1. The van der Waals surface area contributed by atoms with Crippen LogP contribution in [-0.4, -0.2) is 168 Å². The molecule has 3 aromatic carbocycles. The number of benzene rings is 3. The summed E-state index contributed by atoms with van der Waals surface area (Å²) in [4.78, 5) is 134. The Labute approximate surface area is 463 Å². The predicted octanol–water partition coefficient (Wildman–Crippen LogP) is 5.56. The zero-order valence-corrected chi connectivity index (χ0v) is 47.1. The number of Topliss-reactive ketones (excluding diaryl/α,β-unsaturated/α-hetero) is 1. The molecule has 3 aliphatic rings. The van der Waals surface area contributed by atoms with Crippen LogP contribution in [0.3, 0.4) is 0 Å². The molecule has 0 aromatic heterocycles. The third-order valence-electron chi connectivity index (χ3n) is 14.7. The molecule has 6 atom stereocenters. The highest BCUT2D eigenvalue weighted by atomic mass is 16.5. The maximum Gasteiger partial charge on any atom is 0.330 e. The molecule has 0 radical (unpaired) electrons. The molecule has 2 bridgehead atoms. The first-order valence-corrected chi connectivity index (χ1v) is 27.2. The number of carbonyl (C=O) groups is 9. The number of cyclic esters (lactones) is 2. The molecule has 79 heavy (non-hydrogen) atoms. The van der Waals surface area contributed by atoms with Crippen molar-refractivity contribution in [2.24, 2.45) is 5.41 Å². The van der Waals surface area contributed by atoms with E-state index in [0.717, 1.165) is 5.56 Å². The topological polar surface area (TPSA) is 219 Å². The van der Waals surface area contributed by atoms with Gasteiger partial charge in [0.05, 0.1) is 17.6 Å². The van der Waals surface area contributed by atoms with Gasteiger partial charge in [-0.25, -0.2) is 9.59 Å². The number of esters is 2. The molecule has 6 amide bonds. The van der Waals surface area contributed by atoms with E-state index in [1.165, 1.54) is 71.5 Å². The maximum atomic E-state index is 14.8. The Bertz CT molecular complexity index is 2690. The lowest BCUT2D eigenvalue weighted by Crippen LogP contribution is -2.58. The van der Waals surface area contributed by atoms with E-state index in [-0.39, 0.29) is 50.7 Å². The number of fused-ring (bicyclic) bond motifs is 4. The maximum absolute atomic E-state index is 14.8. The van der Waals surface area contributed by atoms with E-state index < -0.39 is 108 Å². The molecule has 0 aliphatic carbocycles. The van der Waals surface area contributed by atoms with Crippen LogP contribution >= 0.6 is 0 Å². The number of likely N-dealkylation sites (N-methyl/N-ethyl adjacent to an activating group) is 3. The van der Waals surface area contributed by atoms with Crippen LogP contribution in [0.4, 0.5) is 0 Å². The van der Waals surface area contributed by atoms with E-state index in [1.807, 2.05) is 51.1 Å². The number of hydrogen-bond acceptors (Lipinski definition) is 13. The minimum absolute atomic E-state index is 0.131. The predicted molar refractivity (Wildman–Crippen MR) is 293 cm³/mol. The van der Waals surface area contributed by atoms with Crippen LogP contribution in [-0.2, 0) is 63.8 Å². The number of carbonyl (C=O) groups excluding carboxylic acids is 9. The van der Waals surface area contributed by atoms with E-state index in [1.54, 1.807) is 61.6 Å². The van der Waals surface area contributed by atoms with Gasteiger partial charge < -0.3 is 48.8 Å². The van der Waals surface area contributed by atoms with Crippen molar-refractivity contribution in [1.29, 1.82) is 0 Å². The molecule has 0 saturated carbocycles. The zero-order chi connectivity index (χ0) is 57.6. The van der Waals surface area contributed by atoms with E-state index in [4.69, 9.17) is 18.9 Å². The molecule has 3 aromatic rings. The smallest absolute Gasteiger partial charge is 0.330 e. The molecule has 1 N–H and O–H groups in total. The van der Waals surface area contributed by atoms with Gasteiger partial charge in [0.15, 0.2) is 6.61 Å². The summed E-state index contributed by atoms with van der Waals surface area (Å²) in [5.74, 6) is -5.69. The van der Waals surface area contributed by atoms with Gasteiger partial charge >= 0.3 is 11.9 Å². The van der Waals surface area contributed by atoms with Crippen LogP contribution in [0.25, 0.3) is 0 Å². The molecule has 19 heteroatoms. The fourth-order valence-electron chi connectivity index (χ4n) is 9.62. The first kappa shape index (κ1) is 60.8. The third kappa shape index (κ3) is 16.3. The molecule has 3 aliphatic heterocycles. The van der Waals surface area contributed by atoms with Gasteiger partial charge in [0, 0.05) is 46.9 Å². The summed E-state index contributed by atoms with van der Waals surface area (Å²) < 4.78 is 23.9. The molecule has 19 nitrogen and oxygen atoms in total. The number of nitrogens with zero attached hydrogens (tertiary/aromatic N) is 5. The van der Waals surface area contributed by atoms with Crippen molar-refractivity contribution in [3.8, 4) is 5.75 Å². The fraction of sp³-hybridized carbons (Fsp3) is 0.517. The first-order valence-electron chi connectivity index (χ1n) is 27.2. The van der Waals surface area contributed by atoms with E-state index in [0.29, 0.717) is 49.7 Å². The minimum atomic E-state index is -1.47. The van der Waals surface area contributed by atoms with E-state index >= 15 is 0 Å². The Hall–Kier alpha value is -7.41. The van der Waals surface area contributed by atoms with Gasteiger partial charge in [-0.1, -0.05) is 78.9 Å². The van der Waals surface area contributed by atoms with Gasteiger partial charge in [-0.05, 0) is 122 Å². The molecule has 0 spiro atoms. The Morgan fingerprint density at radius 3 is 2.06 bits per heavy atom. The summed E-state index contributed by atoms with van der Waals surface area (Å²) >= 11 is 0. The number of aryl methyl sites for hydroxylation is 1. The van der Waals surface area contributed by atoms with Crippen molar-refractivity contribution in [3.05, 3.63) is 114 Å². The summed E-state index contributed by atoms with van der Waals surface area (Å²) in [5, 5.41) is 2.83. The van der Waals surface area contributed by atoms with Gasteiger partial charge in [0.1, 0.15) is 48.7 Å². The van der Waals surface area contributed by atoms with Crippen LogP contribution in [0.15, 0.2) is 97.1 Å². The lowest BCUT2D eigenvalue weighted by Gasteiger charge is -2.37. The van der Waals surface area contributed by atoms with Crippen LogP contribution in [0.5, 0.6) is 5.75 Å². The summed E-state index contributed by atoms with van der Waals surface area (Å²) in [7, 11) is 4.48. The number of amides is 6. The van der Waals surface area contributed by atoms with Crippen molar-refractivity contribution in [2.75, 3.05) is 60.6 Å². The standard InChI is InChI=1S/C60H78N6O13/c1-40-53(70)61-51(42-24-14-11-15-25-42)56(73)64(9)47(37-78-59(2,3)4)55(72)65-35-21-29-45(65)54(71)62(7)33-18-17-30-50(68)77-39-60(5,6)52(69)57(74)66-34-19-16-28-46(66)58(75)79-48(32-31-41-22-12-10-13-23-41)43-26-20-27-44(36-43)76-38-49(67)63(40)8/h10-15,17,20,22-27,30,36,40,45-48,51H,16,18-19,21,28-29,31-35,37-39H2,1-9H3,(H,61,70)/b30-17-/t40-,45-,46-,47-,48+,51?/m0/s1. The first-order chi connectivity index (χ1) is 37.5. The van der Waals surface area contributed by atoms with Crippen molar-refractivity contribution in [1.82, 2.24) is 29.8 Å². The van der Waals surface area contributed by atoms with Gasteiger partial charge in [-0.2, -0.15) is 0 Å². The molecular weight excluding hydrogens is 1010 g/mol. The summed E-state index contributed by atoms with van der Waals surface area (Å²) in [6.07, 6.45) is 5.21. The number of rotatable bonds is 6. The van der Waals surface area contributed by atoms with E-state index in [9.17, 15) is 43.2 Å². The highest BCUT2D eigenvalue weighted by molar-refractivity contribution is 6.38. The molecule has 2 saturated heterocycles. The van der Waals surface area contributed by atoms with Crippen molar-refractivity contribution >= 4 is 53.2 Å². The number of hydrogen-bond donors (Lipinski definition) is 1. The van der Waals surface area contributed by atoms with Gasteiger partial charge in [-0.3, -0.25) is 33.6 Å². The molecule has 1 unspecified atom stereocenters. The molecule has 2 fully saturated rings. The monoisotopic (exact) mass is 1090 g/mol. The number of nitrogens with one attached hydrogen (secondary N) is 1. The SMILES string of the molecule is C[C@H]1C(=O)NC(c2ccccc2)C(=O)N(C)[C@@H](COC(C)(C)C)C(=O)N2CCC[C@H]2C(=O)N(C)CC/C=C\C(=O)OCC(C)(C)C(=O)C(=O)N2CCCC[C@H]2C(=O)O[C@H](CCc2ccccc2)c2cccc(c2)OCC(=O)N1C. The fourth-order valence-corrected chi connectivity index (χ4v) is 9.62. The van der Waals surface area contributed by atoms with E-state index in [2.05, 4.69) is 5.32 Å². The number of piperidine rings is 1. The summed E-state index contributed by atoms with van der Waals surface area (Å²) in [6.45, 7) is 9.30. The Morgan fingerprint density at radius 2 is 1.37 bits per heavy atom. The summed E-state index contributed by atoms with van der Waals surface area (Å²) in [6, 6.07) is 19.3. The van der Waals surface area contributed by atoms with Crippen LogP contribution in [0.1, 0.15) is 115 Å². The molecule has 6 rings (SSSR count). The lowest BCUT2D eigenvalue weighted by atomic mass is 9.87. The largest absolute Gasteiger partial charge is 0.484 e. The molecular formula is C60H78N6O13. The highest BCUT2D eigenvalue weighted by Gasteiger charge is 2.44. The summed E-state index contributed by atoms with van der Waals surface area (Å²) in [5.41, 5.74) is -0.250. The van der Waals surface area contributed by atoms with Crippen molar-refractivity contribution in [3.63, 3.8) is 0 Å². The second-order valence-electron chi connectivity index (χ2n) is 22.2. The van der Waals surface area contributed by atoms with Crippen LogP contribution in [0, 0.1) is 5.41 Å². The molecule has 3 heterocycles. The van der Waals surface area contributed by atoms with Gasteiger partial charge in [0.2, 0.25) is 29.4 Å². The van der Waals surface area contributed by atoms with Crippen molar-refractivity contribution in [2.45, 2.75) is 135 Å². The Morgan fingerprint density at radius 1 is 0.709 bits per heavy atom. The second-order valence-corrected chi connectivity index (χ2v) is 22.2. The van der Waals surface area contributed by atoms with Gasteiger partial charge in [0.25, 0.3) is 11.8 Å². The average molecular weight is 1090 g/mol. The Kier molecular flexibility index (Phi) is 21.1. The second kappa shape index (κ2) is 27.5. The quantitative estimate of drug-likeness (QED) is 0.237. The normalized spacial score (nSPS) is 24.9.